The molecule has 0 radical (unpaired) electrons. The van der Waals surface area contributed by atoms with Crippen molar-refractivity contribution in [3.63, 3.8) is 0 Å². The van der Waals surface area contributed by atoms with Crippen molar-refractivity contribution in [3.05, 3.63) is 61.4 Å². The molecule has 0 aliphatic carbocycles. The molecule has 1 aromatic carbocycles. The van der Waals surface area contributed by atoms with Crippen molar-refractivity contribution in [3.8, 4) is 0 Å². The number of aryl methyl sites for hydroxylation is 3. The fraction of sp³-hybridized carbons (Fsp3) is 0.300. The number of ketones is 1. The summed E-state index contributed by atoms with van der Waals surface area (Å²) in [6.07, 6.45) is 0.249. The molecule has 0 fully saturated rings. The Labute approximate surface area is 179 Å². The van der Waals surface area contributed by atoms with E-state index in [1.165, 1.54) is 11.5 Å². The highest BCUT2D eigenvalue weighted by molar-refractivity contribution is 9.10. The summed E-state index contributed by atoms with van der Waals surface area (Å²) in [6.45, 7) is 3.57. The van der Waals surface area contributed by atoms with E-state index in [9.17, 15) is 14.4 Å². The number of carbonyl (C=O) groups excluding carboxylic acids is 1. The number of nitrogens with zero attached hydrogens (tertiary/aromatic N) is 6. The summed E-state index contributed by atoms with van der Waals surface area (Å²) in [5.74, 6) is 0.368. The number of hydrogen-bond acceptors (Lipinski definition) is 6. The molecule has 4 rings (SSSR count). The number of imidazole rings is 1. The normalized spacial score (nSPS) is 11.5. The minimum Gasteiger partial charge on any atom is -0.312 e. The average molecular weight is 471 g/mol. The third-order valence-electron chi connectivity index (χ3n) is 5.01. The molecule has 0 saturated carbocycles. The van der Waals surface area contributed by atoms with Gasteiger partial charge in [0.2, 0.25) is 0 Å². The Morgan fingerprint density at radius 3 is 2.57 bits per heavy atom. The van der Waals surface area contributed by atoms with E-state index in [1.807, 2.05) is 31.2 Å². The van der Waals surface area contributed by atoms with Crippen LogP contribution in [0.25, 0.3) is 22.1 Å². The van der Waals surface area contributed by atoms with Gasteiger partial charge in [0, 0.05) is 31.1 Å². The van der Waals surface area contributed by atoms with E-state index in [0.29, 0.717) is 10.6 Å². The van der Waals surface area contributed by atoms with Gasteiger partial charge in [0.1, 0.15) is 11.6 Å². The molecule has 0 saturated heterocycles. The number of para-hydroxylation sites is 1. The average Bonchev–Trinajstić information content (AvgIpc) is 3.04. The van der Waals surface area contributed by atoms with Gasteiger partial charge >= 0.3 is 5.69 Å². The summed E-state index contributed by atoms with van der Waals surface area (Å²) in [5.41, 5.74) is 1.03. The number of Topliss-reactive ketones (excluding diaryl/α,β-unsaturated/α-hetero) is 1. The summed E-state index contributed by atoms with van der Waals surface area (Å²) in [6, 6.07) is 7.58. The smallest absolute Gasteiger partial charge is 0.312 e. The van der Waals surface area contributed by atoms with Crippen molar-refractivity contribution < 1.29 is 4.79 Å². The van der Waals surface area contributed by atoms with Crippen molar-refractivity contribution in [2.45, 2.75) is 33.4 Å². The van der Waals surface area contributed by atoms with Crippen molar-refractivity contribution >= 4 is 43.8 Å². The Hall–Kier alpha value is -3.14. The van der Waals surface area contributed by atoms with Crippen molar-refractivity contribution in [2.24, 2.45) is 7.05 Å². The van der Waals surface area contributed by atoms with E-state index in [4.69, 9.17) is 0 Å². The van der Waals surface area contributed by atoms with Gasteiger partial charge in [0.25, 0.3) is 5.56 Å². The summed E-state index contributed by atoms with van der Waals surface area (Å²) in [4.78, 5) is 50.9. The van der Waals surface area contributed by atoms with Crippen molar-refractivity contribution in [1.82, 2.24) is 28.7 Å². The van der Waals surface area contributed by atoms with Crippen LogP contribution in [0.3, 0.4) is 0 Å². The van der Waals surface area contributed by atoms with E-state index in [0.717, 1.165) is 21.2 Å². The van der Waals surface area contributed by atoms with Crippen LogP contribution in [0, 0.1) is 6.92 Å². The Morgan fingerprint density at radius 2 is 1.83 bits per heavy atom. The number of fused-ring (bicyclic) bond motifs is 2. The van der Waals surface area contributed by atoms with Crippen LogP contribution in [-0.4, -0.2) is 34.4 Å². The Balaban J connectivity index is 1.89. The molecule has 0 N–H and O–H groups in total. The molecule has 3 aromatic heterocycles. The first-order valence-electron chi connectivity index (χ1n) is 9.35. The molecule has 0 spiro atoms. The lowest BCUT2D eigenvalue weighted by Crippen LogP contribution is -2.40. The number of aromatic nitrogens is 6. The number of rotatable bonds is 5. The van der Waals surface area contributed by atoms with Crippen LogP contribution in [0.15, 0.2) is 38.6 Å². The highest BCUT2D eigenvalue weighted by Crippen LogP contribution is 2.18. The van der Waals surface area contributed by atoms with Gasteiger partial charge in [-0.15, -0.1) is 0 Å². The van der Waals surface area contributed by atoms with Gasteiger partial charge in [-0.1, -0.05) is 18.2 Å². The number of carbonyl (C=O) groups is 1. The predicted molar refractivity (Wildman–Crippen MR) is 116 cm³/mol. The molecular formula is C20H19BrN6O3. The highest BCUT2D eigenvalue weighted by atomic mass is 79.9. The number of hydrogen-bond donors (Lipinski definition) is 0. The molecule has 0 bridgehead atoms. The highest BCUT2D eigenvalue weighted by Gasteiger charge is 2.20. The topological polar surface area (TPSA) is 105 Å². The van der Waals surface area contributed by atoms with Crippen LogP contribution < -0.4 is 11.2 Å². The van der Waals surface area contributed by atoms with E-state index in [-0.39, 0.29) is 36.5 Å². The molecule has 10 heteroatoms. The van der Waals surface area contributed by atoms with Crippen molar-refractivity contribution in [2.75, 3.05) is 0 Å². The molecule has 0 aliphatic rings. The molecule has 3 heterocycles. The molecule has 30 heavy (non-hydrogen) atoms. The first kappa shape index (κ1) is 20.1. The molecule has 9 nitrogen and oxygen atoms in total. The second kappa shape index (κ2) is 7.60. The lowest BCUT2D eigenvalue weighted by Gasteiger charge is -2.10. The van der Waals surface area contributed by atoms with Gasteiger partial charge in [0.15, 0.2) is 15.9 Å². The quantitative estimate of drug-likeness (QED) is 0.412. The van der Waals surface area contributed by atoms with E-state index < -0.39 is 11.2 Å². The lowest BCUT2D eigenvalue weighted by atomic mass is 10.2. The summed E-state index contributed by atoms with van der Waals surface area (Å²) in [7, 11) is 1.56. The molecule has 154 valence electrons. The monoisotopic (exact) mass is 470 g/mol. The Bertz CT molecular complexity index is 1430. The zero-order valence-corrected chi connectivity index (χ0v) is 18.3. The molecule has 0 atom stereocenters. The molecule has 4 aromatic rings. The van der Waals surface area contributed by atoms with Gasteiger partial charge in [-0.3, -0.25) is 18.7 Å². The fourth-order valence-corrected chi connectivity index (χ4v) is 3.99. The summed E-state index contributed by atoms with van der Waals surface area (Å²) < 4.78 is 4.42. The number of halogens is 1. The molecule has 0 amide bonds. The maximum atomic E-state index is 13.3. The largest absolute Gasteiger partial charge is 0.332 e. The SMILES string of the molecule is CC(=O)CCn1c(Br)nc2c1c(=O)n(Cc1nc(C)c3ccccc3n1)c(=O)n2C. The van der Waals surface area contributed by atoms with E-state index in [2.05, 4.69) is 30.9 Å². The van der Waals surface area contributed by atoms with Gasteiger partial charge in [-0.2, -0.15) is 0 Å². The molecule has 0 unspecified atom stereocenters. The second-order valence-electron chi connectivity index (χ2n) is 7.13. The minimum atomic E-state index is -0.509. The van der Waals surface area contributed by atoms with Gasteiger partial charge in [-0.05, 0) is 35.8 Å². The minimum absolute atomic E-state index is 0.00562. The van der Waals surface area contributed by atoms with Crippen LogP contribution in [0.5, 0.6) is 0 Å². The van der Waals surface area contributed by atoms with Crippen LogP contribution in [-0.2, 0) is 24.9 Å². The zero-order chi connectivity index (χ0) is 21.6. The van der Waals surface area contributed by atoms with E-state index >= 15 is 0 Å². The van der Waals surface area contributed by atoms with Gasteiger partial charge in [0.05, 0.1) is 12.1 Å². The Morgan fingerprint density at radius 1 is 1.10 bits per heavy atom. The third kappa shape index (κ3) is 3.36. The maximum Gasteiger partial charge on any atom is 0.332 e. The molecule has 0 aliphatic heterocycles. The predicted octanol–water partition coefficient (Wildman–Crippen LogP) is 1.94. The number of benzene rings is 1. The second-order valence-corrected chi connectivity index (χ2v) is 7.84. The van der Waals surface area contributed by atoms with Gasteiger partial charge in [-0.25, -0.2) is 19.7 Å². The zero-order valence-electron chi connectivity index (χ0n) is 16.7. The van der Waals surface area contributed by atoms with Crippen LogP contribution in [0.2, 0.25) is 0 Å². The van der Waals surface area contributed by atoms with Crippen molar-refractivity contribution in [1.29, 1.82) is 0 Å². The Kier molecular flexibility index (Phi) is 5.10. The van der Waals surface area contributed by atoms with E-state index in [1.54, 1.807) is 11.6 Å². The van der Waals surface area contributed by atoms with Crippen LogP contribution in [0.4, 0.5) is 0 Å². The maximum absolute atomic E-state index is 13.3. The first-order valence-corrected chi connectivity index (χ1v) is 10.1. The van der Waals surface area contributed by atoms with Crippen LogP contribution >= 0.6 is 15.9 Å². The van der Waals surface area contributed by atoms with Crippen LogP contribution in [0.1, 0.15) is 24.9 Å². The standard InChI is InChI=1S/C20H19BrN6O3/c1-11(28)8-9-26-16-17(24-19(26)21)25(3)20(30)27(18(16)29)10-15-22-12(2)13-6-4-5-7-14(13)23-15/h4-7H,8-10H2,1-3H3. The van der Waals surface area contributed by atoms with Gasteiger partial charge < -0.3 is 4.57 Å². The summed E-state index contributed by atoms with van der Waals surface area (Å²) >= 11 is 3.33. The third-order valence-corrected chi connectivity index (χ3v) is 5.62. The fourth-order valence-electron chi connectivity index (χ4n) is 3.46. The molecular weight excluding hydrogens is 452 g/mol. The first-order chi connectivity index (χ1) is 14.3. The summed E-state index contributed by atoms with van der Waals surface area (Å²) in [5, 5.41) is 0.920. The lowest BCUT2D eigenvalue weighted by molar-refractivity contribution is -0.117.